The summed E-state index contributed by atoms with van der Waals surface area (Å²) in [5.41, 5.74) is 0. The molecule has 4 N–H and O–H groups in total. The smallest absolute Gasteiger partial charge is 0.321 e. The molecule has 1 aliphatic rings. The molecule has 114 valence electrons. The first-order valence-corrected chi connectivity index (χ1v) is 6.15. The van der Waals surface area contributed by atoms with E-state index in [4.69, 9.17) is 9.84 Å². The van der Waals surface area contributed by atoms with E-state index in [-0.39, 0.29) is 26.1 Å². The first kappa shape index (κ1) is 16.3. The molecular formula is C11H19N3O6. The highest BCUT2D eigenvalue weighted by Crippen LogP contribution is 2.17. The topological polar surface area (TPSA) is 128 Å². The number of β-amino-alcohol motifs (C(OH)–C–C–N with tert-alkyl or cyclic N) is 1. The van der Waals surface area contributed by atoms with Crippen LogP contribution in [-0.2, 0) is 14.3 Å². The van der Waals surface area contributed by atoms with Crippen LogP contribution >= 0.6 is 0 Å². The summed E-state index contributed by atoms with van der Waals surface area (Å²) >= 11 is 0. The van der Waals surface area contributed by atoms with Crippen molar-refractivity contribution in [1.82, 2.24) is 15.5 Å². The number of ether oxygens (including phenoxy) is 1. The number of hydrogen-bond acceptors (Lipinski definition) is 6. The maximum Gasteiger partial charge on any atom is 0.321 e. The lowest BCUT2D eigenvalue weighted by molar-refractivity contribution is -0.142. The molecule has 9 heteroatoms. The molecule has 0 spiro atoms. The van der Waals surface area contributed by atoms with Crippen LogP contribution in [0.1, 0.15) is 6.42 Å². The second-order valence-electron chi connectivity index (χ2n) is 4.47. The van der Waals surface area contributed by atoms with Crippen LogP contribution in [0.15, 0.2) is 0 Å². The molecule has 1 aliphatic heterocycles. The molecule has 0 bridgehead atoms. The van der Waals surface area contributed by atoms with Crippen molar-refractivity contribution in [2.24, 2.45) is 0 Å². The number of likely N-dealkylation sites (tertiary alicyclic amines) is 1. The number of urea groups is 1. The third-order valence-corrected chi connectivity index (χ3v) is 2.86. The van der Waals surface area contributed by atoms with Crippen LogP contribution in [0.2, 0.25) is 0 Å². The normalized spacial score (nSPS) is 22.5. The molecule has 1 fully saturated rings. The van der Waals surface area contributed by atoms with Crippen LogP contribution in [0.4, 0.5) is 4.79 Å². The fourth-order valence-electron chi connectivity index (χ4n) is 1.97. The predicted octanol–water partition coefficient (Wildman–Crippen LogP) is -2.02. The first-order valence-electron chi connectivity index (χ1n) is 6.15. The molecule has 0 aromatic heterocycles. The zero-order valence-electron chi connectivity index (χ0n) is 11.2. The second-order valence-corrected chi connectivity index (χ2v) is 4.47. The summed E-state index contributed by atoms with van der Waals surface area (Å²) in [4.78, 5) is 35.2. The molecule has 0 radical (unpaired) electrons. The maximum absolute atomic E-state index is 11.6. The van der Waals surface area contributed by atoms with Crippen molar-refractivity contribution in [2.45, 2.75) is 18.6 Å². The van der Waals surface area contributed by atoms with Gasteiger partial charge in [0, 0.05) is 26.6 Å². The number of nitrogens with zero attached hydrogens (tertiary/aromatic N) is 1. The molecular weight excluding hydrogens is 270 g/mol. The molecule has 3 amide bonds. The number of carbonyl (C=O) groups excluding carboxylic acids is 2. The van der Waals surface area contributed by atoms with Gasteiger partial charge in [0.1, 0.15) is 6.04 Å². The Morgan fingerprint density at radius 2 is 2.10 bits per heavy atom. The molecule has 0 saturated carbocycles. The summed E-state index contributed by atoms with van der Waals surface area (Å²) in [6.07, 6.45) is -0.706. The number of aliphatic hydroxyl groups excluding tert-OH is 1. The lowest BCUT2D eigenvalue weighted by Crippen LogP contribution is -2.47. The van der Waals surface area contributed by atoms with Gasteiger partial charge in [-0.05, 0) is 0 Å². The minimum atomic E-state index is -1.10. The molecule has 1 heterocycles. The minimum absolute atomic E-state index is 0.0721. The highest BCUT2D eigenvalue weighted by Gasteiger charge is 2.36. The number of carboxylic acid groups (broad SMARTS) is 1. The first-order chi connectivity index (χ1) is 9.43. The number of aliphatic hydroxyl groups is 1. The Balaban J connectivity index is 2.37. The van der Waals surface area contributed by atoms with Crippen molar-refractivity contribution in [1.29, 1.82) is 0 Å². The number of nitrogens with one attached hydrogen (secondary N) is 2. The van der Waals surface area contributed by atoms with Gasteiger partial charge in [-0.2, -0.15) is 0 Å². The van der Waals surface area contributed by atoms with Gasteiger partial charge in [0.2, 0.25) is 5.91 Å². The van der Waals surface area contributed by atoms with Crippen molar-refractivity contribution in [2.75, 3.05) is 33.4 Å². The number of aliphatic carboxylic acids is 1. The third kappa shape index (κ3) is 5.11. The average molecular weight is 289 g/mol. The molecule has 1 rings (SSSR count). The second kappa shape index (κ2) is 7.78. The van der Waals surface area contributed by atoms with Gasteiger partial charge in [-0.3, -0.25) is 19.8 Å². The largest absolute Gasteiger partial charge is 0.480 e. The number of methoxy groups -OCH3 is 1. The van der Waals surface area contributed by atoms with Gasteiger partial charge in [-0.25, -0.2) is 4.79 Å². The van der Waals surface area contributed by atoms with E-state index in [1.54, 1.807) is 0 Å². The van der Waals surface area contributed by atoms with Crippen LogP contribution in [0.3, 0.4) is 0 Å². The highest BCUT2D eigenvalue weighted by molar-refractivity contribution is 5.95. The third-order valence-electron chi connectivity index (χ3n) is 2.86. The monoisotopic (exact) mass is 289 g/mol. The Morgan fingerprint density at radius 1 is 1.40 bits per heavy atom. The lowest BCUT2D eigenvalue weighted by Gasteiger charge is -2.19. The Labute approximate surface area is 115 Å². The zero-order chi connectivity index (χ0) is 15.1. The summed E-state index contributed by atoms with van der Waals surface area (Å²) in [6, 6.07) is -1.58. The van der Waals surface area contributed by atoms with Gasteiger partial charge < -0.3 is 20.3 Å². The van der Waals surface area contributed by atoms with Crippen molar-refractivity contribution in [3.8, 4) is 0 Å². The number of rotatable bonds is 6. The predicted molar refractivity (Wildman–Crippen MR) is 67.0 cm³/mol. The van der Waals surface area contributed by atoms with Gasteiger partial charge in [-0.15, -0.1) is 0 Å². The summed E-state index contributed by atoms with van der Waals surface area (Å²) in [6.45, 7) is 0.415. The Hall–Kier alpha value is -1.71. The molecule has 9 nitrogen and oxygen atoms in total. The van der Waals surface area contributed by atoms with Crippen LogP contribution < -0.4 is 10.6 Å². The quantitative estimate of drug-likeness (QED) is 0.415. The molecule has 1 saturated heterocycles. The van der Waals surface area contributed by atoms with E-state index in [0.717, 1.165) is 0 Å². The number of imide groups is 1. The van der Waals surface area contributed by atoms with E-state index in [0.29, 0.717) is 6.61 Å². The maximum atomic E-state index is 11.6. The number of amides is 3. The molecule has 2 unspecified atom stereocenters. The molecule has 20 heavy (non-hydrogen) atoms. The molecule has 0 aromatic rings. The van der Waals surface area contributed by atoms with Crippen molar-refractivity contribution < 1.29 is 29.3 Å². The highest BCUT2D eigenvalue weighted by atomic mass is 16.5. The van der Waals surface area contributed by atoms with Gasteiger partial charge >= 0.3 is 12.0 Å². The number of hydrogen-bond donors (Lipinski definition) is 4. The Morgan fingerprint density at radius 3 is 2.70 bits per heavy atom. The van der Waals surface area contributed by atoms with E-state index in [1.807, 2.05) is 0 Å². The summed E-state index contributed by atoms with van der Waals surface area (Å²) in [5, 5.41) is 22.9. The van der Waals surface area contributed by atoms with Gasteiger partial charge in [0.25, 0.3) is 0 Å². The molecule has 0 aliphatic carbocycles. The van der Waals surface area contributed by atoms with E-state index in [9.17, 15) is 19.5 Å². The van der Waals surface area contributed by atoms with Crippen molar-refractivity contribution >= 4 is 17.9 Å². The Kier molecular flexibility index (Phi) is 6.36. The van der Waals surface area contributed by atoms with Gasteiger partial charge in [0.05, 0.1) is 19.3 Å². The van der Waals surface area contributed by atoms with E-state index in [2.05, 4.69) is 10.6 Å². The molecule has 2 atom stereocenters. The van der Waals surface area contributed by atoms with Crippen LogP contribution in [0, 0.1) is 0 Å². The number of carboxylic acids is 1. The Bertz CT molecular complexity index is 375. The van der Waals surface area contributed by atoms with Crippen molar-refractivity contribution in [3.63, 3.8) is 0 Å². The van der Waals surface area contributed by atoms with Crippen LogP contribution in [0.5, 0.6) is 0 Å². The van der Waals surface area contributed by atoms with E-state index < -0.39 is 30.1 Å². The summed E-state index contributed by atoms with van der Waals surface area (Å²) in [5.74, 6) is -1.72. The van der Waals surface area contributed by atoms with Crippen molar-refractivity contribution in [3.05, 3.63) is 0 Å². The standard InChI is InChI=1S/C11H19N3O6/c1-20-3-2-12-11(19)13-9(16)6-14-5-7(15)4-8(14)10(17)18/h7-8,15H,2-6H2,1H3,(H,17,18)(H2,12,13,16,19). The zero-order valence-corrected chi connectivity index (χ0v) is 11.2. The minimum Gasteiger partial charge on any atom is -0.480 e. The van der Waals surface area contributed by atoms with Gasteiger partial charge in [-0.1, -0.05) is 0 Å². The fraction of sp³-hybridized carbons (Fsp3) is 0.727. The van der Waals surface area contributed by atoms with E-state index in [1.165, 1.54) is 12.0 Å². The summed E-state index contributed by atoms with van der Waals surface area (Å²) < 4.78 is 4.73. The summed E-state index contributed by atoms with van der Waals surface area (Å²) in [7, 11) is 1.48. The van der Waals surface area contributed by atoms with E-state index >= 15 is 0 Å². The fourth-order valence-corrected chi connectivity index (χ4v) is 1.97. The lowest BCUT2D eigenvalue weighted by atomic mass is 10.2. The molecule has 0 aromatic carbocycles. The average Bonchev–Trinajstić information content (AvgIpc) is 2.70. The number of carbonyl (C=O) groups is 3. The van der Waals surface area contributed by atoms with Gasteiger partial charge in [0.15, 0.2) is 0 Å². The SMILES string of the molecule is COCCNC(=O)NC(=O)CN1CC(O)CC1C(=O)O. The van der Waals surface area contributed by atoms with Crippen LogP contribution in [-0.4, -0.2) is 78.5 Å². The van der Waals surface area contributed by atoms with Crippen LogP contribution in [0.25, 0.3) is 0 Å².